The summed E-state index contributed by atoms with van der Waals surface area (Å²) in [5.41, 5.74) is 2.21. The largest absolute Gasteiger partial charge is 0.503 e. The van der Waals surface area contributed by atoms with E-state index in [-0.39, 0.29) is 18.7 Å². The molecule has 3 aromatic rings. The Morgan fingerprint density at radius 2 is 1.86 bits per heavy atom. The van der Waals surface area contributed by atoms with Crippen LogP contribution in [0.25, 0.3) is 0 Å². The number of methoxy groups -OCH3 is 1. The third-order valence-corrected chi connectivity index (χ3v) is 7.09. The fourth-order valence-corrected chi connectivity index (χ4v) is 5.21. The molecule has 37 heavy (non-hydrogen) atoms. The zero-order chi connectivity index (χ0) is 26.5. The third kappa shape index (κ3) is 5.52. The normalized spacial score (nSPS) is 15.4. The molecule has 1 aliphatic rings. The lowest BCUT2D eigenvalue weighted by Crippen LogP contribution is -2.34. The van der Waals surface area contributed by atoms with Crippen LogP contribution in [0.5, 0.6) is 11.5 Å². The Morgan fingerprint density at radius 1 is 1.11 bits per heavy atom. The van der Waals surface area contributed by atoms with Gasteiger partial charge in [0.1, 0.15) is 6.61 Å². The van der Waals surface area contributed by atoms with Gasteiger partial charge in [-0.3, -0.25) is 9.59 Å². The summed E-state index contributed by atoms with van der Waals surface area (Å²) in [4.78, 5) is 33.0. The van der Waals surface area contributed by atoms with Gasteiger partial charge in [0.15, 0.2) is 17.3 Å². The van der Waals surface area contributed by atoms with Gasteiger partial charge in [-0.15, -0.1) is 11.3 Å². The number of carbonyl (C=O) groups excluding carboxylic acids is 2. The molecular weight excluding hydrogens is 492 g/mol. The minimum atomic E-state index is -0.820. The van der Waals surface area contributed by atoms with Crippen LogP contribution in [-0.2, 0) is 16.1 Å². The first-order chi connectivity index (χ1) is 17.8. The first-order valence-electron chi connectivity index (χ1n) is 12.0. The van der Waals surface area contributed by atoms with Crippen molar-refractivity contribution in [3.8, 4) is 11.5 Å². The molecule has 0 saturated heterocycles. The molecule has 0 aliphatic carbocycles. The summed E-state index contributed by atoms with van der Waals surface area (Å²) in [6.45, 7) is 6.62. The minimum Gasteiger partial charge on any atom is -0.503 e. The Morgan fingerprint density at radius 3 is 2.51 bits per heavy atom. The molecule has 4 rings (SSSR count). The number of benzene rings is 2. The van der Waals surface area contributed by atoms with Crippen molar-refractivity contribution in [3.63, 3.8) is 0 Å². The number of aryl methyl sites for hydroxylation is 2. The molecule has 2 heterocycles. The maximum absolute atomic E-state index is 13.7. The average Bonchev–Trinajstić information content (AvgIpc) is 3.37. The SMILES string of the molecule is CCOc1cc(C2C(C(=O)c3sc(C)nc3C)=C(O)C(=O)N2CCOC)ccc1OCc1ccccc1. The molecule has 8 nitrogen and oxygen atoms in total. The molecule has 0 fully saturated rings. The molecule has 1 N–H and O–H groups in total. The number of aromatic nitrogens is 1. The number of ether oxygens (including phenoxy) is 3. The first-order valence-corrected chi connectivity index (χ1v) is 12.8. The Hall–Kier alpha value is -3.69. The van der Waals surface area contributed by atoms with Gasteiger partial charge in [-0.1, -0.05) is 36.4 Å². The standard InChI is InChI=1S/C28H30N2O6S/c1-5-35-22-15-20(11-12-21(22)36-16-19-9-7-6-8-10-19)24-23(25(31)27-17(2)29-18(3)37-27)26(32)28(33)30(24)13-14-34-4/h6-12,15,24,32H,5,13-14,16H2,1-4H3. The van der Waals surface area contributed by atoms with Gasteiger partial charge in [-0.2, -0.15) is 0 Å². The highest BCUT2D eigenvalue weighted by Crippen LogP contribution is 2.42. The van der Waals surface area contributed by atoms with E-state index in [9.17, 15) is 14.7 Å². The Bertz CT molecular complexity index is 1320. The molecule has 2 aromatic carbocycles. The number of amides is 1. The van der Waals surface area contributed by atoms with Crippen LogP contribution in [0.2, 0.25) is 0 Å². The van der Waals surface area contributed by atoms with Crippen LogP contribution >= 0.6 is 11.3 Å². The monoisotopic (exact) mass is 522 g/mol. The molecule has 194 valence electrons. The second kappa shape index (κ2) is 11.6. The van der Waals surface area contributed by atoms with Crippen molar-refractivity contribution in [1.82, 2.24) is 9.88 Å². The van der Waals surface area contributed by atoms with Gasteiger partial charge < -0.3 is 24.2 Å². The highest BCUT2D eigenvalue weighted by molar-refractivity contribution is 7.14. The van der Waals surface area contributed by atoms with E-state index < -0.39 is 23.5 Å². The molecule has 1 aliphatic heterocycles. The summed E-state index contributed by atoms with van der Waals surface area (Å²) in [7, 11) is 1.53. The van der Waals surface area contributed by atoms with E-state index >= 15 is 0 Å². The van der Waals surface area contributed by atoms with Crippen LogP contribution in [-0.4, -0.2) is 53.5 Å². The number of aliphatic hydroxyl groups is 1. The molecular formula is C28H30N2O6S. The number of thiazole rings is 1. The summed E-state index contributed by atoms with van der Waals surface area (Å²) in [5.74, 6) is -0.567. The van der Waals surface area contributed by atoms with Crippen LogP contribution < -0.4 is 9.47 Å². The fraction of sp³-hybridized carbons (Fsp3) is 0.321. The van der Waals surface area contributed by atoms with E-state index in [1.165, 1.54) is 23.3 Å². The summed E-state index contributed by atoms with van der Waals surface area (Å²) in [5, 5.41) is 11.6. The lowest BCUT2D eigenvalue weighted by molar-refractivity contribution is -0.130. The summed E-state index contributed by atoms with van der Waals surface area (Å²) in [6, 6.07) is 14.3. The second-order valence-electron chi connectivity index (χ2n) is 8.55. The third-order valence-electron chi connectivity index (χ3n) is 6.01. The van der Waals surface area contributed by atoms with E-state index in [0.29, 0.717) is 40.8 Å². The molecule has 9 heteroatoms. The summed E-state index contributed by atoms with van der Waals surface area (Å²) >= 11 is 1.24. The van der Waals surface area contributed by atoms with Crippen LogP contribution in [0.15, 0.2) is 59.9 Å². The van der Waals surface area contributed by atoms with Gasteiger partial charge in [0.25, 0.3) is 5.91 Å². The summed E-state index contributed by atoms with van der Waals surface area (Å²) < 4.78 is 17.1. The topological polar surface area (TPSA) is 98.2 Å². The van der Waals surface area contributed by atoms with Crippen molar-refractivity contribution in [2.75, 3.05) is 26.9 Å². The number of hydrogen-bond acceptors (Lipinski definition) is 8. The Labute approximate surface area is 220 Å². The molecule has 1 amide bonds. The number of nitrogens with zero attached hydrogens (tertiary/aromatic N) is 2. The highest BCUT2D eigenvalue weighted by atomic mass is 32.1. The quantitative estimate of drug-likeness (QED) is 0.355. The number of carbonyl (C=O) groups is 2. The number of aliphatic hydroxyl groups excluding tert-OH is 1. The van der Waals surface area contributed by atoms with E-state index in [2.05, 4.69) is 4.98 Å². The number of Topliss-reactive ketones (excluding diaryl/α,β-unsaturated/α-hetero) is 1. The van der Waals surface area contributed by atoms with Gasteiger partial charge in [0.05, 0.1) is 40.4 Å². The molecule has 1 aromatic heterocycles. The molecule has 0 spiro atoms. The Balaban J connectivity index is 1.73. The van der Waals surface area contributed by atoms with Gasteiger partial charge in [-0.25, -0.2) is 4.98 Å². The predicted octanol–water partition coefficient (Wildman–Crippen LogP) is 4.96. The maximum Gasteiger partial charge on any atom is 0.290 e. The Kier molecular flexibility index (Phi) is 8.25. The number of hydrogen-bond donors (Lipinski definition) is 1. The maximum atomic E-state index is 13.7. The molecule has 1 unspecified atom stereocenters. The van der Waals surface area contributed by atoms with Gasteiger partial charge in [0, 0.05) is 13.7 Å². The second-order valence-corrected chi connectivity index (χ2v) is 9.75. The smallest absolute Gasteiger partial charge is 0.290 e. The molecule has 0 saturated carbocycles. The lowest BCUT2D eigenvalue weighted by atomic mass is 9.94. The van der Waals surface area contributed by atoms with Crippen molar-refractivity contribution in [1.29, 1.82) is 0 Å². The van der Waals surface area contributed by atoms with Crippen LogP contribution in [0.1, 0.15) is 44.5 Å². The van der Waals surface area contributed by atoms with Crippen LogP contribution in [0.4, 0.5) is 0 Å². The van der Waals surface area contributed by atoms with E-state index in [0.717, 1.165) is 10.6 Å². The molecule has 0 radical (unpaired) electrons. The predicted molar refractivity (Wildman–Crippen MR) is 140 cm³/mol. The molecule has 0 bridgehead atoms. The van der Waals surface area contributed by atoms with Crippen LogP contribution in [0, 0.1) is 13.8 Å². The van der Waals surface area contributed by atoms with Crippen molar-refractivity contribution >= 4 is 23.0 Å². The highest BCUT2D eigenvalue weighted by Gasteiger charge is 2.44. The lowest BCUT2D eigenvalue weighted by Gasteiger charge is -2.27. The zero-order valence-corrected chi connectivity index (χ0v) is 22.1. The van der Waals surface area contributed by atoms with E-state index in [1.807, 2.05) is 44.2 Å². The average molecular weight is 523 g/mol. The van der Waals surface area contributed by atoms with Crippen molar-refractivity contribution in [3.05, 3.63) is 86.6 Å². The number of rotatable bonds is 11. The zero-order valence-electron chi connectivity index (χ0n) is 21.3. The number of ketones is 1. The summed E-state index contributed by atoms with van der Waals surface area (Å²) in [6.07, 6.45) is 0. The van der Waals surface area contributed by atoms with Gasteiger partial charge in [-0.05, 0) is 44.0 Å². The molecule has 1 atom stereocenters. The van der Waals surface area contributed by atoms with Gasteiger partial charge >= 0.3 is 0 Å². The first kappa shape index (κ1) is 26.4. The van der Waals surface area contributed by atoms with Crippen molar-refractivity contribution in [2.24, 2.45) is 0 Å². The van der Waals surface area contributed by atoms with Gasteiger partial charge in [0.2, 0.25) is 5.78 Å². The van der Waals surface area contributed by atoms with Crippen molar-refractivity contribution in [2.45, 2.75) is 33.4 Å². The fourth-order valence-electron chi connectivity index (χ4n) is 4.33. The van der Waals surface area contributed by atoms with E-state index in [4.69, 9.17) is 14.2 Å². The minimum absolute atomic E-state index is 0.0215. The van der Waals surface area contributed by atoms with Crippen LogP contribution in [0.3, 0.4) is 0 Å². The van der Waals surface area contributed by atoms with E-state index in [1.54, 1.807) is 25.1 Å². The van der Waals surface area contributed by atoms with Crippen molar-refractivity contribution < 1.29 is 28.9 Å².